The van der Waals surface area contributed by atoms with Crippen LogP contribution in [0.4, 0.5) is 0 Å². The average Bonchev–Trinajstić information content (AvgIpc) is 2.80. The van der Waals surface area contributed by atoms with Crippen LogP contribution in [0.1, 0.15) is 66.2 Å². The molecule has 37 heavy (non-hydrogen) atoms. The van der Waals surface area contributed by atoms with Crippen LogP contribution in [-0.2, 0) is 24.0 Å². The lowest BCUT2D eigenvalue weighted by molar-refractivity contribution is -0.143. The van der Waals surface area contributed by atoms with Gasteiger partial charge in [0.2, 0.25) is 17.7 Å². The second-order valence-corrected chi connectivity index (χ2v) is 9.45. The van der Waals surface area contributed by atoms with E-state index in [0.29, 0.717) is 12.8 Å². The summed E-state index contributed by atoms with van der Waals surface area (Å²) in [4.78, 5) is 65.0. The number of nitrogens with two attached hydrogens (primary N) is 3. The predicted octanol–water partition coefficient (Wildman–Crippen LogP) is -1.14. The first-order valence-electron chi connectivity index (χ1n) is 12.4. The second-order valence-electron chi connectivity index (χ2n) is 9.45. The molecular formula is C23H43N7O7. The van der Waals surface area contributed by atoms with E-state index in [0.717, 1.165) is 0 Å². The third-order valence-electron chi connectivity index (χ3n) is 5.70. The van der Waals surface area contributed by atoms with Gasteiger partial charge in [-0.1, -0.05) is 34.1 Å². The first-order chi connectivity index (χ1) is 17.2. The highest BCUT2D eigenvalue weighted by molar-refractivity contribution is 5.94. The Morgan fingerprint density at radius 3 is 1.95 bits per heavy atom. The molecule has 212 valence electrons. The molecule has 14 nitrogen and oxygen atoms in total. The Morgan fingerprint density at radius 2 is 1.46 bits per heavy atom. The third kappa shape index (κ3) is 14.0. The zero-order chi connectivity index (χ0) is 28.7. The number of hydrogen-bond donors (Lipinski definition) is 8. The largest absolute Gasteiger partial charge is 0.481 e. The zero-order valence-electron chi connectivity index (χ0n) is 22.0. The SMILES string of the molecule is CCC(C)C(NC(=O)C(CCCN=C(N)N)NC(=O)C(N)CCC(=O)O)C(=O)NC(CC(C)C)C(=O)O. The summed E-state index contributed by atoms with van der Waals surface area (Å²) in [5, 5.41) is 25.9. The molecule has 0 saturated carbocycles. The van der Waals surface area contributed by atoms with Crippen molar-refractivity contribution in [1.29, 1.82) is 0 Å². The molecule has 0 radical (unpaired) electrons. The zero-order valence-corrected chi connectivity index (χ0v) is 22.0. The lowest BCUT2D eigenvalue weighted by Gasteiger charge is -2.28. The van der Waals surface area contributed by atoms with E-state index in [2.05, 4.69) is 20.9 Å². The van der Waals surface area contributed by atoms with Crippen molar-refractivity contribution in [3.8, 4) is 0 Å². The maximum Gasteiger partial charge on any atom is 0.326 e. The highest BCUT2D eigenvalue weighted by Gasteiger charge is 2.32. The molecule has 0 aliphatic carbocycles. The smallest absolute Gasteiger partial charge is 0.326 e. The van der Waals surface area contributed by atoms with Gasteiger partial charge >= 0.3 is 11.9 Å². The van der Waals surface area contributed by atoms with Gasteiger partial charge in [-0.15, -0.1) is 0 Å². The average molecular weight is 530 g/mol. The molecule has 0 aliphatic rings. The van der Waals surface area contributed by atoms with Gasteiger partial charge in [0, 0.05) is 13.0 Å². The van der Waals surface area contributed by atoms with E-state index in [-0.39, 0.29) is 50.0 Å². The summed E-state index contributed by atoms with van der Waals surface area (Å²) in [6, 6.07) is -4.48. The monoisotopic (exact) mass is 529 g/mol. The van der Waals surface area contributed by atoms with Crippen molar-refractivity contribution in [1.82, 2.24) is 16.0 Å². The molecule has 0 rings (SSSR count). The Bertz CT molecular complexity index is 815. The number of hydrogen-bond acceptors (Lipinski definition) is 7. The van der Waals surface area contributed by atoms with E-state index in [9.17, 15) is 29.1 Å². The summed E-state index contributed by atoms with van der Waals surface area (Å²) in [5.41, 5.74) is 16.4. The number of nitrogens with zero attached hydrogens (tertiary/aromatic N) is 1. The molecule has 0 aliphatic heterocycles. The van der Waals surface area contributed by atoms with Crippen molar-refractivity contribution in [2.75, 3.05) is 6.54 Å². The Balaban J connectivity index is 5.66. The lowest BCUT2D eigenvalue weighted by atomic mass is 9.96. The first-order valence-corrected chi connectivity index (χ1v) is 12.4. The number of nitrogens with one attached hydrogen (secondary N) is 3. The number of aliphatic carboxylic acids is 2. The molecule has 0 aromatic rings. The summed E-state index contributed by atoms with van der Waals surface area (Å²) < 4.78 is 0. The van der Waals surface area contributed by atoms with E-state index in [1.165, 1.54) is 0 Å². The third-order valence-corrected chi connectivity index (χ3v) is 5.70. The number of rotatable bonds is 18. The molecule has 0 saturated heterocycles. The molecule has 5 atom stereocenters. The van der Waals surface area contributed by atoms with Crippen molar-refractivity contribution in [2.45, 2.75) is 90.4 Å². The number of carbonyl (C=O) groups excluding carboxylic acids is 3. The van der Waals surface area contributed by atoms with Crippen LogP contribution in [0.3, 0.4) is 0 Å². The van der Waals surface area contributed by atoms with E-state index >= 15 is 0 Å². The minimum Gasteiger partial charge on any atom is -0.481 e. The quantitative estimate of drug-likeness (QED) is 0.0601. The Hall–Kier alpha value is -3.42. The summed E-state index contributed by atoms with van der Waals surface area (Å²) in [7, 11) is 0. The van der Waals surface area contributed by atoms with E-state index < -0.39 is 53.8 Å². The van der Waals surface area contributed by atoms with E-state index in [1.807, 2.05) is 20.8 Å². The van der Waals surface area contributed by atoms with E-state index in [1.54, 1.807) is 6.92 Å². The molecule has 14 heteroatoms. The highest BCUT2D eigenvalue weighted by atomic mass is 16.4. The van der Waals surface area contributed by atoms with Crippen LogP contribution in [0.25, 0.3) is 0 Å². The topological polar surface area (TPSA) is 252 Å². The van der Waals surface area contributed by atoms with Gasteiger partial charge in [0.15, 0.2) is 5.96 Å². The maximum absolute atomic E-state index is 13.2. The molecule has 0 aromatic heterocycles. The van der Waals surface area contributed by atoms with Crippen molar-refractivity contribution in [3.63, 3.8) is 0 Å². The molecule has 11 N–H and O–H groups in total. The molecular weight excluding hydrogens is 486 g/mol. The minimum absolute atomic E-state index is 0.00758. The number of carboxylic acids is 2. The lowest BCUT2D eigenvalue weighted by Crippen LogP contribution is -2.58. The van der Waals surface area contributed by atoms with Crippen molar-refractivity contribution in [2.24, 2.45) is 34.0 Å². The highest BCUT2D eigenvalue weighted by Crippen LogP contribution is 2.12. The molecule has 0 spiro atoms. The molecule has 0 heterocycles. The molecule has 0 bridgehead atoms. The number of carbonyl (C=O) groups is 5. The summed E-state index contributed by atoms with van der Waals surface area (Å²) in [6.07, 6.45) is 0.652. The van der Waals surface area contributed by atoms with Crippen LogP contribution < -0.4 is 33.2 Å². The maximum atomic E-state index is 13.2. The van der Waals surface area contributed by atoms with Gasteiger partial charge in [0.1, 0.15) is 18.1 Å². The number of guanidine groups is 1. The van der Waals surface area contributed by atoms with Crippen molar-refractivity contribution >= 4 is 35.6 Å². The fraction of sp³-hybridized carbons (Fsp3) is 0.739. The first kappa shape index (κ1) is 33.6. The van der Waals surface area contributed by atoms with Gasteiger partial charge in [0.05, 0.1) is 6.04 Å². The molecule has 3 amide bonds. The normalized spacial score (nSPS) is 15.0. The van der Waals surface area contributed by atoms with Crippen molar-refractivity contribution in [3.05, 3.63) is 0 Å². The molecule has 5 unspecified atom stereocenters. The van der Waals surface area contributed by atoms with Crippen LogP contribution in [0.15, 0.2) is 4.99 Å². The number of aliphatic imine (C=N–C) groups is 1. The number of amides is 3. The van der Waals surface area contributed by atoms with Crippen LogP contribution in [0.2, 0.25) is 0 Å². The van der Waals surface area contributed by atoms with Gasteiger partial charge in [-0.05, 0) is 37.5 Å². The standard InChI is InChI=1S/C23H43N7O7/c1-5-13(4)18(21(35)29-16(22(36)37)11-12(2)3)30-20(34)15(7-6-10-27-23(25)26)28-19(33)14(24)8-9-17(31)32/h12-16,18H,5-11,24H2,1-4H3,(H,28,33)(H,29,35)(H,30,34)(H,31,32)(H,36,37)(H4,25,26,27). The summed E-state index contributed by atoms with van der Waals surface area (Å²) in [6.45, 7) is 7.38. The molecule has 0 fully saturated rings. The number of carboxylic acid groups (broad SMARTS) is 2. The summed E-state index contributed by atoms with van der Waals surface area (Å²) in [5.74, 6) is -4.84. The summed E-state index contributed by atoms with van der Waals surface area (Å²) >= 11 is 0. The molecule has 0 aromatic carbocycles. The van der Waals surface area contributed by atoms with Gasteiger partial charge in [-0.3, -0.25) is 24.2 Å². The van der Waals surface area contributed by atoms with Crippen LogP contribution in [0, 0.1) is 11.8 Å². The van der Waals surface area contributed by atoms with Crippen LogP contribution in [0.5, 0.6) is 0 Å². The predicted molar refractivity (Wildman–Crippen MR) is 137 cm³/mol. The van der Waals surface area contributed by atoms with E-state index in [4.69, 9.17) is 22.3 Å². The van der Waals surface area contributed by atoms with Gasteiger partial charge in [-0.2, -0.15) is 0 Å². The van der Waals surface area contributed by atoms with Crippen LogP contribution >= 0.6 is 0 Å². The van der Waals surface area contributed by atoms with Crippen molar-refractivity contribution < 1.29 is 34.2 Å². The second kappa shape index (κ2) is 17.1. The Morgan fingerprint density at radius 1 is 0.865 bits per heavy atom. The fourth-order valence-electron chi connectivity index (χ4n) is 3.37. The Kier molecular flexibility index (Phi) is 15.5. The van der Waals surface area contributed by atoms with Crippen LogP contribution in [-0.4, -0.2) is 76.5 Å². The van der Waals surface area contributed by atoms with Gasteiger partial charge in [-0.25, -0.2) is 4.79 Å². The van der Waals surface area contributed by atoms with Gasteiger partial charge in [0.25, 0.3) is 0 Å². The Labute approximate surface area is 217 Å². The minimum atomic E-state index is -1.18. The fourth-order valence-corrected chi connectivity index (χ4v) is 3.37. The van der Waals surface area contributed by atoms with Gasteiger partial charge < -0.3 is 43.4 Å².